The van der Waals surface area contributed by atoms with Crippen molar-refractivity contribution in [3.63, 3.8) is 0 Å². The molecule has 0 saturated carbocycles. The predicted octanol–water partition coefficient (Wildman–Crippen LogP) is 2.87. The molecule has 6 nitrogen and oxygen atoms in total. The summed E-state index contributed by atoms with van der Waals surface area (Å²) in [5.41, 5.74) is 4.46. The number of tetrazole rings is 1. The van der Waals surface area contributed by atoms with Crippen LogP contribution in [0.25, 0.3) is 11.4 Å². The van der Waals surface area contributed by atoms with E-state index in [0.29, 0.717) is 12.4 Å². The first-order chi connectivity index (χ1) is 12.6. The number of nitrogens with zero attached hydrogens (tertiary/aromatic N) is 5. The fourth-order valence-corrected chi connectivity index (χ4v) is 2.69. The molecule has 0 radical (unpaired) electrons. The molecule has 134 valence electrons. The average Bonchev–Trinajstić information content (AvgIpc) is 3.12. The summed E-state index contributed by atoms with van der Waals surface area (Å²) >= 11 is 0. The number of hydrogen-bond donors (Lipinski definition) is 0. The van der Waals surface area contributed by atoms with Crippen molar-refractivity contribution in [2.45, 2.75) is 33.4 Å². The Morgan fingerprint density at radius 2 is 1.85 bits per heavy atom. The number of benzene rings is 2. The Balaban J connectivity index is 1.64. The molecule has 0 aliphatic rings. The van der Waals surface area contributed by atoms with Crippen molar-refractivity contribution < 1.29 is 4.79 Å². The van der Waals surface area contributed by atoms with Crippen LogP contribution in [0.2, 0.25) is 0 Å². The second-order valence-electron chi connectivity index (χ2n) is 6.37. The molecule has 0 N–H and O–H groups in total. The summed E-state index contributed by atoms with van der Waals surface area (Å²) in [7, 11) is 1.79. The summed E-state index contributed by atoms with van der Waals surface area (Å²) in [6.45, 7) is 4.79. The minimum atomic E-state index is -0.0569. The third kappa shape index (κ3) is 4.14. The van der Waals surface area contributed by atoms with Gasteiger partial charge in [0.15, 0.2) is 0 Å². The van der Waals surface area contributed by atoms with Crippen molar-refractivity contribution in [3.05, 3.63) is 65.2 Å². The molecule has 26 heavy (non-hydrogen) atoms. The molecule has 2 aromatic carbocycles. The molecule has 1 heterocycles. The molecule has 0 fully saturated rings. The zero-order chi connectivity index (χ0) is 18.5. The molecular formula is C20H23N5O. The van der Waals surface area contributed by atoms with Gasteiger partial charge in [0.25, 0.3) is 0 Å². The summed E-state index contributed by atoms with van der Waals surface area (Å²) in [5.74, 6) is 0.473. The molecule has 0 atom stereocenters. The fraction of sp³-hybridized carbons (Fsp3) is 0.300. The molecule has 0 aliphatic heterocycles. The Labute approximate surface area is 153 Å². The minimum absolute atomic E-state index is 0.0569. The fourth-order valence-electron chi connectivity index (χ4n) is 2.69. The molecule has 6 heteroatoms. The molecular weight excluding hydrogens is 326 g/mol. The van der Waals surface area contributed by atoms with Gasteiger partial charge in [-0.05, 0) is 35.2 Å². The second-order valence-corrected chi connectivity index (χ2v) is 6.37. The van der Waals surface area contributed by atoms with Crippen LogP contribution in [-0.4, -0.2) is 38.1 Å². The van der Waals surface area contributed by atoms with Crippen LogP contribution >= 0.6 is 0 Å². The molecule has 0 spiro atoms. The van der Waals surface area contributed by atoms with Crippen molar-refractivity contribution in [1.82, 2.24) is 25.1 Å². The predicted molar refractivity (Wildman–Crippen MR) is 100 cm³/mol. The van der Waals surface area contributed by atoms with E-state index in [-0.39, 0.29) is 12.5 Å². The lowest BCUT2D eigenvalue weighted by atomic mass is 10.1. The standard InChI is InChI=1S/C20H23N5O/c1-4-16-9-11-17(12-10-16)20-21-23-25(22-20)14-19(26)24(3)13-18-8-6-5-7-15(18)2/h5-12H,4,13-14H2,1-3H3. The third-order valence-corrected chi connectivity index (χ3v) is 4.44. The zero-order valence-electron chi connectivity index (χ0n) is 15.4. The number of rotatable bonds is 6. The average molecular weight is 349 g/mol. The second kappa shape index (κ2) is 7.91. The summed E-state index contributed by atoms with van der Waals surface area (Å²) in [6, 6.07) is 16.1. The van der Waals surface area contributed by atoms with Gasteiger partial charge in [-0.2, -0.15) is 4.80 Å². The number of hydrogen-bond acceptors (Lipinski definition) is 4. The number of likely N-dealkylation sites (N-methyl/N-ethyl adjacent to an activating group) is 1. The third-order valence-electron chi connectivity index (χ3n) is 4.44. The summed E-state index contributed by atoms with van der Waals surface area (Å²) < 4.78 is 0. The number of aromatic nitrogens is 4. The van der Waals surface area contributed by atoms with E-state index in [4.69, 9.17) is 0 Å². The molecule has 0 aliphatic carbocycles. The van der Waals surface area contributed by atoms with Gasteiger partial charge >= 0.3 is 0 Å². The molecule has 3 aromatic rings. The first-order valence-electron chi connectivity index (χ1n) is 8.72. The maximum atomic E-state index is 12.5. The number of carbonyl (C=O) groups excluding carboxylic acids is 1. The topological polar surface area (TPSA) is 63.9 Å². The van der Waals surface area contributed by atoms with E-state index < -0.39 is 0 Å². The first kappa shape index (κ1) is 17.8. The van der Waals surface area contributed by atoms with Gasteiger partial charge in [0.05, 0.1) is 0 Å². The first-order valence-corrected chi connectivity index (χ1v) is 8.72. The van der Waals surface area contributed by atoms with E-state index in [1.807, 2.05) is 43.3 Å². The highest BCUT2D eigenvalue weighted by Gasteiger charge is 2.14. The molecule has 0 unspecified atom stereocenters. The number of aryl methyl sites for hydroxylation is 2. The van der Waals surface area contributed by atoms with Crippen LogP contribution in [0.5, 0.6) is 0 Å². The number of carbonyl (C=O) groups is 1. The molecule has 0 saturated heterocycles. The van der Waals surface area contributed by atoms with Crippen LogP contribution in [0.1, 0.15) is 23.6 Å². The smallest absolute Gasteiger partial charge is 0.246 e. The van der Waals surface area contributed by atoms with Gasteiger partial charge in [-0.15, -0.1) is 10.2 Å². The Kier molecular flexibility index (Phi) is 5.41. The van der Waals surface area contributed by atoms with Gasteiger partial charge in [0, 0.05) is 19.2 Å². The van der Waals surface area contributed by atoms with E-state index in [1.54, 1.807) is 11.9 Å². The molecule has 0 bridgehead atoms. The highest BCUT2D eigenvalue weighted by Crippen LogP contribution is 2.15. The van der Waals surface area contributed by atoms with Crippen LogP contribution in [0, 0.1) is 6.92 Å². The van der Waals surface area contributed by atoms with Crippen LogP contribution in [-0.2, 0) is 24.3 Å². The Morgan fingerprint density at radius 1 is 1.12 bits per heavy atom. The zero-order valence-corrected chi connectivity index (χ0v) is 15.4. The molecule has 1 amide bonds. The van der Waals surface area contributed by atoms with Gasteiger partial charge in [0.2, 0.25) is 11.7 Å². The largest absolute Gasteiger partial charge is 0.340 e. The van der Waals surface area contributed by atoms with Crippen molar-refractivity contribution in [2.24, 2.45) is 0 Å². The normalized spacial score (nSPS) is 10.7. The van der Waals surface area contributed by atoms with E-state index >= 15 is 0 Å². The van der Waals surface area contributed by atoms with Crippen molar-refractivity contribution in [1.29, 1.82) is 0 Å². The van der Waals surface area contributed by atoms with Gasteiger partial charge in [-0.1, -0.05) is 55.5 Å². The van der Waals surface area contributed by atoms with Gasteiger partial charge in [-0.25, -0.2) is 0 Å². The van der Waals surface area contributed by atoms with Crippen LogP contribution in [0.4, 0.5) is 0 Å². The summed E-state index contributed by atoms with van der Waals surface area (Å²) in [4.78, 5) is 15.5. The van der Waals surface area contributed by atoms with E-state index in [2.05, 4.69) is 34.5 Å². The quantitative estimate of drug-likeness (QED) is 0.686. The Hall–Kier alpha value is -3.02. The monoisotopic (exact) mass is 349 g/mol. The lowest BCUT2D eigenvalue weighted by molar-refractivity contribution is -0.131. The summed E-state index contributed by atoms with van der Waals surface area (Å²) in [6.07, 6.45) is 0.988. The lowest BCUT2D eigenvalue weighted by Crippen LogP contribution is -2.30. The Morgan fingerprint density at radius 3 is 2.54 bits per heavy atom. The van der Waals surface area contributed by atoms with Crippen molar-refractivity contribution in [2.75, 3.05) is 7.05 Å². The van der Waals surface area contributed by atoms with Gasteiger partial charge in [-0.3, -0.25) is 4.79 Å². The van der Waals surface area contributed by atoms with Crippen molar-refractivity contribution >= 4 is 5.91 Å². The minimum Gasteiger partial charge on any atom is -0.340 e. The van der Waals surface area contributed by atoms with E-state index in [0.717, 1.165) is 17.5 Å². The highest BCUT2D eigenvalue weighted by molar-refractivity contribution is 5.75. The van der Waals surface area contributed by atoms with E-state index in [1.165, 1.54) is 15.9 Å². The highest BCUT2D eigenvalue weighted by atomic mass is 16.2. The lowest BCUT2D eigenvalue weighted by Gasteiger charge is -2.18. The summed E-state index contributed by atoms with van der Waals surface area (Å²) in [5, 5.41) is 12.4. The number of amides is 1. The van der Waals surface area contributed by atoms with Crippen LogP contribution < -0.4 is 0 Å². The molecule has 3 rings (SSSR count). The maximum absolute atomic E-state index is 12.5. The van der Waals surface area contributed by atoms with Gasteiger partial charge in [0.1, 0.15) is 6.54 Å². The maximum Gasteiger partial charge on any atom is 0.246 e. The van der Waals surface area contributed by atoms with Crippen LogP contribution in [0.15, 0.2) is 48.5 Å². The van der Waals surface area contributed by atoms with E-state index in [9.17, 15) is 4.79 Å². The SMILES string of the molecule is CCc1ccc(-c2nnn(CC(=O)N(C)Cc3ccccc3C)n2)cc1. The Bertz CT molecular complexity index is 885. The van der Waals surface area contributed by atoms with Crippen molar-refractivity contribution in [3.8, 4) is 11.4 Å². The van der Waals surface area contributed by atoms with Gasteiger partial charge < -0.3 is 4.90 Å². The van der Waals surface area contributed by atoms with Crippen LogP contribution in [0.3, 0.4) is 0 Å². The molecule has 1 aromatic heterocycles.